The highest BCUT2D eigenvalue weighted by Gasteiger charge is 2.21. The van der Waals surface area contributed by atoms with Crippen molar-refractivity contribution >= 4 is 106 Å². The van der Waals surface area contributed by atoms with E-state index in [-0.39, 0.29) is 58.8 Å². The van der Waals surface area contributed by atoms with Crippen LogP contribution in [0.5, 0.6) is 0 Å². The molecule has 0 aliphatic heterocycles. The topological polar surface area (TPSA) is 357 Å². The fourth-order valence-electron chi connectivity index (χ4n) is 12.4. The van der Waals surface area contributed by atoms with E-state index in [4.69, 9.17) is 10.2 Å². The number of aryl methyl sites for hydroxylation is 4. The van der Waals surface area contributed by atoms with Crippen molar-refractivity contribution in [3.8, 4) is 51.6 Å². The van der Waals surface area contributed by atoms with E-state index in [0.717, 1.165) is 69.3 Å². The van der Waals surface area contributed by atoms with Crippen LogP contribution in [0.25, 0.3) is 63.8 Å². The van der Waals surface area contributed by atoms with Gasteiger partial charge in [-0.05, 0) is 271 Å². The number of aliphatic hydroxyl groups excluding tert-OH is 2. The summed E-state index contributed by atoms with van der Waals surface area (Å²) in [6.45, 7) is 15.7. The van der Waals surface area contributed by atoms with Crippen molar-refractivity contribution in [3.05, 3.63) is 340 Å². The number of nitrogens with one attached hydrogen (secondary N) is 4. The Morgan fingerprint density at radius 3 is 1.26 bits per heavy atom. The normalized spacial score (nSPS) is 10.6. The number of carbonyl (C=O) groups is 7. The van der Waals surface area contributed by atoms with Gasteiger partial charge >= 0.3 is 0 Å². The zero-order chi connectivity index (χ0) is 87.2. The number of nitriles is 3. The standard InChI is InChI=1S/C35H36FN5O3.C30H21FN4O3.C22H16N4O2.C8H6BrFO/c1-23-18-26(31(36)19-27(23)22-38-15-17-43)10-12-33-30(20-37)29(13-14-39-33)28-7-5-8-32(24(28)2)41-35(44)34-11-9-25(21-40-34)6-3-4-16-42;1-18-12-21(26(31)13-22(18)17-37)7-9-28-25(14-32)24(10-11-33-28)23-4-3-5-27(19(23)2)35-30(38)29-8-6-20(16-36)15-34-29;1-3-19-18(11-23)17(9-10-24-19)16-5-4-6-20(14(16)2)26-22(28)21-8-7-15(13-27)12-25-21;1-5-2-7(9)8(10)3-6(5)4-11/h5,7-14,18-19,21,38,42-43H,3-4,6,15-17,22H2,1-2H3,(H,41,44);3-13,15-17H,1-2H3,(H,35,38);3-10,12-13H,1H2,2H3,(H,26,28);2-4H,1H3/b12-10+;9-7+;;. The van der Waals surface area contributed by atoms with E-state index in [1.54, 1.807) is 130 Å². The lowest BCUT2D eigenvalue weighted by atomic mass is 9.94. The number of pyridine rings is 6. The molecule has 0 atom stereocenters. The van der Waals surface area contributed by atoms with Gasteiger partial charge in [0.15, 0.2) is 12.6 Å². The number of nitrogens with zero attached hydrogens (tertiary/aromatic N) is 9. The average Bonchev–Trinajstić information content (AvgIpc) is 0.806. The average molecular weight is 1680 g/mol. The van der Waals surface area contributed by atoms with Gasteiger partial charge in [-0.25, -0.2) is 13.2 Å². The zero-order valence-electron chi connectivity index (χ0n) is 66.5. The Morgan fingerprint density at radius 2 is 0.860 bits per heavy atom. The maximum absolute atomic E-state index is 14.9. The third-order valence-corrected chi connectivity index (χ3v) is 19.8. The van der Waals surface area contributed by atoms with Crippen molar-refractivity contribution in [2.45, 2.75) is 67.3 Å². The monoisotopic (exact) mass is 1680 g/mol. The maximum Gasteiger partial charge on any atom is 0.274 e. The molecule has 6 heterocycles. The summed E-state index contributed by atoms with van der Waals surface area (Å²) in [6, 6.07) is 46.4. The molecule has 22 nitrogen and oxygen atoms in total. The first-order valence-electron chi connectivity index (χ1n) is 37.5. The number of anilines is 3. The van der Waals surface area contributed by atoms with E-state index in [1.807, 2.05) is 58.0 Å². The molecular formula is C95H79BrF3N13O9. The first-order valence-corrected chi connectivity index (χ1v) is 38.3. The van der Waals surface area contributed by atoms with E-state index in [1.165, 1.54) is 67.0 Å². The predicted octanol–water partition coefficient (Wildman–Crippen LogP) is 18.2. The maximum atomic E-state index is 14.9. The van der Waals surface area contributed by atoms with E-state index < -0.39 is 23.4 Å². The molecular weight excluding hydrogens is 1600 g/mol. The number of aliphatic hydroxyl groups is 2. The van der Waals surface area contributed by atoms with Crippen LogP contribution in [0.3, 0.4) is 0 Å². The summed E-state index contributed by atoms with van der Waals surface area (Å²) < 4.78 is 42.5. The highest BCUT2D eigenvalue weighted by molar-refractivity contribution is 9.10. The van der Waals surface area contributed by atoms with Gasteiger partial charge in [0.25, 0.3) is 17.7 Å². The summed E-state index contributed by atoms with van der Waals surface area (Å²) in [5.41, 5.74) is 17.3. The number of hydrogen-bond acceptors (Lipinski definition) is 19. The molecule has 0 aliphatic carbocycles. The molecule has 0 unspecified atom stereocenters. The Bertz CT molecular complexity index is 6100. The summed E-state index contributed by atoms with van der Waals surface area (Å²) in [7, 11) is 0. The summed E-state index contributed by atoms with van der Waals surface area (Å²) in [5, 5.41) is 59.2. The highest BCUT2D eigenvalue weighted by Crippen LogP contribution is 2.37. The van der Waals surface area contributed by atoms with Crippen molar-refractivity contribution in [1.29, 1.82) is 15.8 Å². The number of halogens is 4. The second kappa shape index (κ2) is 43.9. The first kappa shape index (κ1) is 90.1. The van der Waals surface area contributed by atoms with Crippen LogP contribution in [0.1, 0.15) is 175 Å². The van der Waals surface area contributed by atoms with Gasteiger partial charge in [-0.15, -0.1) is 0 Å². The van der Waals surface area contributed by atoms with Gasteiger partial charge in [-0.1, -0.05) is 49.0 Å². The lowest BCUT2D eigenvalue weighted by Crippen LogP contribution is -2.18. The van der Waals surface area contributed by atoms with Crippen molar-refractivity contribution in [1.82, 2.24) is 35.2 Å². The third-order valence-electron chi connectivity index (χ3n) is 19.2. The number of amides is 3. The molecule has 26 heteroatoms. The van der Waals surface area contributed by atoms with Crippen LogP contribution in [0.4, 0.5) is 30.2 Å². The number of rotatable bonds is 26. The molecule has 6 aromatic carbocycles. The summed E-state index contributed by atoms with van der Waals surface area (Å²) >= 11 is 3.02. The molecule has 0 saturated carbocycles. The van der Waals surface area contributed by atoms with Crippen LogP contribution in [-0.4, -0.2) is 103 Å². The number of carbonyl (C=O) groups excluding carboxylic acids is 7. The molecule has 606 valence electrons. The third kappa shape index (κ3) is 23.3. The summed E-state index contributed by atoms with van der Waals surface area (Å²) in [4.78, 5) is 106. The minimum Gasteiger partial charge on any atom is -0.396 e. The fraction of sp³-hybridized carbons (Fsp3) is 0.137. The number of unbranched alkanes of at least 4 members (excludes halogenated alkanes) is 1. The Balaban J connectivity index is 0.000000197. The smallest absolute Gasteiger partial charge is 0.274 e. The number of hydrogen-bond donors (Lipinski definition) is 6. The SMILES string of the molecule is C=Cc1nccc(-c2cccc(NC(=O)c3ccc(C=O)cn3)c2C)c1C#N.Cc1cc(/C=C/c2nccc(-c3cccc(NC(=O)c4ccc(C=O)cn4)c3C)c2C#N)c(F)cc1C=O.Cc1cc(/C=C/c2nccc(-c3cccc(NC(=O)c4ccc(CCCCO)cn4)c3C)c2C#N)c(F)cc1CNCCO.Cc1cc(Br)c(F)cc1C=O. The first-order chi connectivity index (χ1) is 58.4. The summed E-state index contributed by atoms with van der Waals surface area (Å²) in [6.07, 6.45) is 21.9. The molecule has 0 saturated heterocycles. The largest absolute Gasteiger partial charge is 0.396 e. The van der Waals surface area contributed by atoms with Crippen molar-refractivity contribution in [2.24, 2.45) is 0 Å². The van der Waals surface area contributed by atoms with Crippen LogP contribution in [0.2, 0.25) is 0 Å². The Morgan fingerprint density at radius 1 is 0.446 bits per heavy atom. The van der Waals surface area contributed by atoms with Gasteiger partial charge in [0.2, 0.25) is 0 Å². The Labute approximate surface area is 704 Å². The molecule has 0 spiro atoms. The molecule has 121 heavy (non-hydrogen) atoms. The molecule has 0 bridgehead atoms. The molecule has 0 fully saturated rings. The van der Waals surface area contributed by atoms with Crippen molar-refractivity contribution in [3.63, 3.8) is 0 Å². The zero-order valence-corrected chi connectivity index (χ0v) is 68.0. The lowest BCUT2D eigenvalue weighted by Gasteiger charge is -2.14. The second-order valence-electron chi connectivity index (χ2n) is 27.1. The number of aldehydes is 4. The van der Waals surface area contributed by atoms with Crippen LogP contribution in [0, 0.1) is 93.0 Å². The number of benzene rings is 6. The second-order valence-corrected chi connectivity index (χ2v) is 27.9. The molecule has 3 amide bonds. The van der Waals surface area contributed by atoms with Crippen molar-refractivity contribution in [2.75, 3.05) is 35.7 Å². The Hall–Kier alpha value is -14.9. The van der Waals surface area contributed by atoms with E-state index in [2.05, 4.69) is 91.9 Å². The van der Waals surface area contributed by atoms with Gasteiger partial charge in [-0.2, -0.15) is 15.8 Å². The van der Waals surface area contributed by atoms with E-state index >= 15 is 0 Å². The van der Waals surface area contributed by atoms with Crippen LogP contribution >= 0.6 is 15.9 Å². The number of aromatic nitrogens is 6. The minimum atomic E-state index is -0.557. The van der Waals surface area contributed by atoms with Crippen LogP contribution in [0.15, 0.2) is 194 Å². The highest BCUT2D eigenvalue weighted by atomic mass is 79.9. The molecule has 6 aromatic heterocycles. The van der Waals surface area contributed by atoms with E-state index in [9.17, 15) is 62.5 Å². The quantitative estimate of drug-likeness (QED) is 0.0217. The predicted molar refractivity (Wildman–Crippen MR) is 463 cm³/mol. The van der Waals surface area contributed by atoms with Gasteiger partial charge in [-0.3, -0.25) is 63.5 Å². The van der Waals surface area contributed by atoms with Gasteiger partial charge in [0.1, 0.15) is 65.3 Å². The molecule has 12 aromatic rings. The summed E-state index contributed by atoms with van der Waals surface area (Å²) in [5.74, 6) is -2.54. The van der Waals surface area contributed by atoms with Gasteiger partial charge in [0.05, 0.1) is 44.9 Å². The van der Waals surface area contributed by atoms with Gasteiger partial charge in [0, 0.05) is 124 Å². The Kier molecular flexibility index (Phi) is 32.7. The van der Waals surface area contributed by atoms with Gasteiger partial charge < -0.3 is 31.5 Å². The fourth-order valence-corrected chi connectivity index (χ4v) is 12.9. The molecule has 6 N–H and O–H groups in total. The molecule has 0 aliphatic rings. The minimum absolute atomic E-state index is 0.00767. The van der Waals surface area contributed by atoms with E-state index in [0.29, 0.717) is 138 Å². The lowest BCUT2D eigenvalue weighted by molar-refractivity contribution is 0.101. The van der Waals surface area contributed by atoms with Crippen molar-refractivity contribution < 1.29 is 56.9 Å². The van der Waals surface area contributed by atoms with Crippen LogP contribution < -0.4 is 21.3 Å². The van der Waals surface area contributed by atoms with Crippen LogP contribution in [-0.2, 0) is 13.0 Å². The molecule has 0 radical (unpaired) electrons. The molecule has 12 rings (SSSR count).